The zero-order valence-electron chi connectivity index (χ0n) is 15.0. The number of rotatable bonds is 6. The normalized spacial score (nSPS) is 13.5. The number of aromatic carboxylic acids is 1. The van der Waals surface area contributed by atoms with Gasteiger partial charge >= 0.3 is 5.97 Å². The summed E-state index contributed by atoms with van der Waals surface area (Å²) < 4.78 is 5.67. The van der Waals surface area contributed by atoms with Crippen LogP contribution in [0.5, 0.6) is 11.6 Å². The van der Waals surface area contributed by atoms with E-state index >= 15 is 0 Å². The van der Waals surface area contributed by atoms with Crippen molar-refractivity contribution >= 4 is 29.5 Å². The number of pyridine rings is 1. The Hall–Kier alpha value is -3.75. The van der Waals surface area contributed by atoms with Gasteiger partial charge in [-0.15, -0.1) is 0 Å². The van der Waals surface area contributed by atoms with Crippen LogP contribution in [0, 0.1) is 0 Å². The molecule has 2 heterocycles. The summed E-state index contributed by atoms with van der Waals surface area (Å²) in [5, 5.41) is 12.0. The molecule has 0 unspecified atom stereocenters. The first-order valence-corrected chi connectivity index (χ1v) is 8.46. The van der Waals surface area contributed by atoms with Gasteiger partial charge < -0.3 is 15.2 Å². The highest BCUT2D eigenvalue weighted by Gasteiger charge is 2.34. The molecule has 0 aliphatic carbocycles. The van der Waals surface area contributed by atoms with E-state index in [0.29, 0.717) is 12.3 Å². The maximum absolute atomic E-state index is 12.0. The Kier molecular flexibility index (Phi) is 5.35. The molecule has 0 radical (unpaired) electrons. The molecule has 1 aromatic heterocycles. The molecule has 28 heavy (non-hydrogen) atoms. The molecule has 9 nitrogen and oxygen atoms in total. The van der Waals surface area contributed by atoms with Crippen molar-refractivity contribution in [3.63, 3.8) is 0 Å². The highest BCUT2D eigenvalue weighted by atomic mass is 16.5. The standard InChI is InChI=1S/C19H17N3O6/c1-11(23)20-10-12-3-2-4-13(9-12)28-15-6-5-14(19(26)27)18(21-15)22-16(24)7-8-17(22)25/h2-6,9H,7-8,10H2,1H3,(H,20,23)(H,26,27). The van der Waals surface area contributed by atoms with E-state index in [0.717, 1.165) is 10.5 Å². The number of aromatic nitrogens is 1. The minimum atomic E-state index is -1.31. The number of anilines is 1. The van der Waals surface area contributed by atoms with Crippen LogP contribution in [0.2, 0.25) is 0 Å². The van der Waals surface area contributed by atoms with Gasteiger partial charge in [0.05, 0.1) is 0 Å². The summed E-state index contributed by atoms with van der Waals surface area (Å²) in [5.41, 5.74) is 0.523. The van der Waals surface area contributed by atoms with E-state index in [1.165, 1.54) is 19.1 Å². The van der Waals surface area contributed by atoms with Crippen molar-refractivity contribution in [3.8, 4) is 11.6 Å². The number of ether oxygens (including phenoxy) is 1. The summed E-state index contributed by atoms with van der Waals surface area (Å²) in [7, 11) is 0. The van der Waals surface area contributed by atoms with Gasteiger partial charge in [-0.05, 0) is 23.8 Å². The molecule has 1 aliphatic heterocycles. The van der Waals surface area contributed by atoms with Gasteiger partial charge in [-0.1, -0.05) is 12.1 Å². The third kappa shape index (κ3) is 4.14. The zero-order chi connectivity index (χ0) is 20.3. The van der Waals surface area contributed by atoms with Gasteiger partial charge in [0.15, 0.2) is 5.82 Å². The monoisotopic (exact) mass is 383 g/mol. The number of nitrogens with zero attached hydrogens (tertiary/aromatic N) is 2. The molecule has 1 aromatic carbocycles. The largest absolute Gasteiger partial charge is 0.478 e. The van der Waals surface area contributed by atoms with Gasteiger partial charge in [0, 0.05) is 32.4 Å². The second-order valence-corrected chi connectivity index (χ2v) is 6.11. The smallest absolute Gasteiger partial charge is 0.339 e. The SMILES string of the molecule is CC(=O)NCc1cccc(Oc2ccc(C(=O)O)c(N3C(=O)CCC3=O)n2)c1. The Bertz CT molecular complexity index is 956. The molecule has 0 spiro atoms. The average Bonchev–Trinajstić information content (AvgIpc) is 2.98. The Morgan fingerprint density at radius 2 is 1.89 bits per heavy atom. The minimum absolute atomic E-state index is 0.00977. The fraction of sp³-hybridized carbons (Fsp3) is 0.211. The third-order valence-electron chi connectivity index (χ3n) is 4.01. The number of hydrogen-bond acceptors (Lipinski definition) is 6. The van der Waals surface area contributed by atoms with Crippen molar-refractivity contribution in [2.75, 3.05) is 4.90 Å². The molecular weight excluding hydrogens is 366 g/mol. The predicted octanol–water partition coefficient (Wildman–Crippen LogP) is 1.86. The molecule has 0 bridgehead atoms. The summed E-state index contributed by atoms with van der Waals surface area (Å²) in [6, 6.07) is 9.46. The first-order valence-electron chi connectivity index (χ1n) is 8.46. The van der Waals surface area contributed by atoms with Crippen LogP contribution in [0.25, 0.3) is 0 Å². The topological polar surface area (TPSA) is 126 Å². The molecular formula is C19H17N3O6. The van der Waals surface area contributed by atoms with Crippen molar-refractivity contribution in [1.29, 1.82) is 0 Å². The van der Waals surface area contributed by atoms with E-state index < -0.39 is 17.8 Å². The van der Waals surface area contributed by atoms with Crippen LogP contribution in [0.3, 0.4) is 0 Å². The number of carboxylic acids is 1. The molecule has 1 fully saturated rings. The summed E-state index contributed by atoms with van der Waals surface area (Å²) in [5.74, 6) is -2.30. The molecule has 0 atom stereocenters. The summed E-state index contributed by atoms with van der Waals surface area (Å²) >= 11 is 0. The van der Waals surface area contributed by atoms with E-state index in [1.807, 2.05) is 0 Å². The Morgan fingerprint density at radius 3 is 2.54 bits per heavy atom. The fourth-order valence-corrected chi connectivity index (χ4v) is 2.70. The van der Waals surface area contributed by atoms with E-state index in [9.17, 15) is 24.3 Å². The van der Waals surface area contributed by atoms with Gasteiger partial charge in [-0.2, -0.15) is 4.98 Å². The van der Waals surface area contributed by atoms with Crippen molar-refractivity contribution < 1.29 is 29.0 Å². The number of carboxylic acid groups (broad SMARTS) is 1. The number of carbonyl (C=O) groups is 4. The van der Waals surface area contributed by atoms with Crippen molar-refractivity contribution in [2.45, 2.75) is 26.3 Å². The summed E-state index contributed by atoms with van der Waals surface area (Å²) in [4.78, 5) is 51.4. The lowest BCUT2D eigenvalue weighted by Gasteiger charge is -2.16. The number of nitrogens with one attached hydrogen (secondary N) is 1. The third-order valence-corrected chi connectivity index (χ3v) is 4.01. The summed E-state index contributed by atoms with van der Waals surface area (Å²) in [6.07, 6.45) is 0.0195. The first-order chi connectivity index (χ1) is 13.3. The molecule has 2 aromatic rings. The van der Waals surface area contributed by atoms with Gasteiger partial charge in [0.25, 0.3) is 0 Å². The number of carbonyl (C=O) groups excluding carboxylic acids is 3. The number of imide groups is 1. The predicted molar refractivity (Wildman–Crippen MR) is 97.0 cm³/mol. The van der Waals surface area contributed by atoms with Gasteiger partial charge in [-0.25, -0.2) is 9.69 Å². The van der Waals surface area contributed by atoms with Gasteiger partial charge in [0.2, 0.25) is 23.6 Å². The van der Waals surface area contributed by atoms with Crippen molar-refractivity contribution in [3.05, 3.63) is 47.5 Å². The molecule has 2 N–H and O–H groups in total. The van der Waals surface area contributed by atoms with Crippen LogP contribution in [-0.2, 0) is 20.9 Å². The lowest BCUT2D eigenvalue weighted by molar-refractivity contribution is -0.121. The zero-order valence-corrected chi connectivity index (χ0v) is 15.0. The van der Waals surface area contributed by atoms with E-state index in [-0.39, 0.29) is 36.0 Å². The molecule has 3 amide bonds. The van der Waals surface area contributed by atoms with Gasteiger partial charge in [-0.3, -0.25) is 14.4 Å². The molecule has 9 heteroatoms. The quantitative estimate of drug-likeness (QED) is 0.729. The lowest BCUT2D eigenvalue weighted by Crippen LogP contribution is -2.31. The number of hydrogen-bond donors (Lipinski definition) is 2. The Morgan fingerprint density at radius 1 is 1.18 bits per heavy atom. The Labute approximate surface area is 159 Å². The first kappa shape index (κ1) is 19.0. The lowest BCUT2D eigenvalue weighted by atomic mass is 10.2. The molecule has 1 aliphatic rings. The van der Waals surface area contributed by atoms with Gasteiger partial charge in [0.1, 0.15) is 11.3 Å². The maximum atomic E-state index is 12.0. The molecule has 1 saturated heterocycles. The second kappa shape index (κ2) is 7.87. The van der Waals surface area contributed by atoms with Crippen LogP contribution < -0.4 is 15.0 Å². The molecule has 3 rings (SSSR count). The van der Waals surface area contributed by atoms with Crippen molar-refractivity contribution in [1.82, 2.24) is 10.3 Å². The average molecular weight is 383 g/mol. The maximum Gasteiger partial charge on any atom is 0.339 e. The second-order valence-electron chi connectivity index (χ2n) is 6.11. The minimum Gasteiger partial charge on any atom is -0.478 e. The molecule has 0 saturated carbocycles. The fourth-order valence-electron chi connectivity index (χ4n) is 2.70. The van der Waals surface area contributed by atoms with Crippen LogP contribution in [0.15, 0.2) is 36.4 Å². The number of benzene rings is 1. The highest BCUT2D eigenvalue weighted by Crippen LogP contribution is 2.29. The van der Waals surface area contributed by atoms with Crippen LogP contribution in [0.1, 0.15) is 35.7 Å². The Balaban J connectivity index is 1.89. The van der Waals surface area contributed by atoms with Crippen LogP contribution >= 0.6 is 0 Å². The van der Waals surface area contributed by atoms with Crippen LogP contribution in [-0.4, -0.2) is 33.8 Å². The van der Waals surface area contributed by atoms with E-state index in [1.54, 1.807) is 24.3 Å². The highest BCUT2D eigenvalue weighted by molar-refractivity contribution is 6.21. The van der Waals surface area contributed by atoms with Crippen molar-refractivity contribution in [2.24, 2.45) is 0 Å². The molecule has 144 valence electrons. The van der Waals surface area contributed by atoms with E-state index in [2.05, 4.69) is 10.3 Å². The summed E-state index contributed by atoms with van der Waals surface area (Å²) in [6.45, 7) is 1.73. The van der Waals surface area contributed by atoms with E-state index in [4.69, 9.17) is 4.74 Å². The van der Waals surface area contributed by atoms with Crippen LogP contribution in [0.4, 0.5) is 5.82 Å². The number of amides is 3.